The number of nitrogens with zero attached hydrogens (tertiary/aromatic N) is 2. The van der Waals surface area contributed by atoms with E-state index in [1.165, 1.54) is 0 Å². The quantitative estimate of drug-likeness (QED) is 0.748. The van der Waals surface area contributed by atoms with Gasteiger partial charge in [-0.05, 0) is 48.5 Å². The molecule has 1 aliphatic rings. The number of carbonyl (C=O) groups is 2. The molecule has 6 nitrogen and oxygen atoms in total. The van der Waals surface area contributed by atoms with Crippen molar-refractivity contribution >= 4 is 12.1 Å². The molecule has 0 spiro atoms. The van der Waals surface area contributed by atoms with Crippen molar-refractivity contribution in [3.63, 3.8) is 0 Å². The van der Waals surface area contributed by atoms with Crippen LogP contribution in [0.2, 0.25) is 0 Å². The fraction of sp³-hybridized carbons (Fsp3) is 0.875. The maximum absolute atomic E-state index is 12.2. The van der Waals surface area contributed by atoms with E-state index in [9.17, 15) is 9.59 Å². The van der Waals surface area contributed by atoms with E-state index in [4.69, 9.17) is 9.47 Å². The molecule has 0 saturated carbocycles. The van der Waals surface area contributed by atoms with Crippen molar-refractivity contribution in [2.45, 2.75) is 72.2 Å². The highest BCUT2D eigenvalue weighted by Crippen LogP contribution is 2.21. The van der Waals surface area contributed by atoms with Gasteiger partial charge in [-0.2, -0.15) is 0 Å². The van der Waals surface area contributed by atoms with Crippen LogP contribution in [0.1, 0.15) is 48.5 Å². The number of piperazine rings is 1. The van der Waals surface area contributed by atoms with Gasteiger partial charge in [-0.15, -0.1) is 0 Å². The first-order valence-corrected chi connectivity index (χ1v) is 7.98. The Labute approximate surface area is 133 Å². The Bertz CT molecular complexity index is 393. The summed E-state index contributed by atoms with van der Waals surface area (Å²) in [4.78, 5) is 28.0. The summed E-state index contributed by atoms with van der Waals surface area (Å²) in [5, 5.41) is 0. The van der Waals surface area contributed by atoms with Gasteiger partial charge in [0.05, 0.1) is 6.61 Å². The largest absolute Gasteiger partial charge is 0.465 e. The lowest BCUT2D eigenvalue weighted by molar-refractivity contribution is -0.152. The second-order valence-corrected chi connectivity index (χ2v) is 6.96. The van der Waals surface area contributed by atoms with E-state index >= 15 is 0 Å². The van der Waals surface area contributed by atoms with E-state index in [0.29, 0.717) is 19.7 Å². The standard InChI is InChI=1S/C16H30N2O4/c1-8-21-14(19)13(4)18-11(2)9-17(10-12(18)3)15(20)22-16(5,6)7/h11-13H,8-10H2,1-7H3. The molecule has 22 heavy (non-hydrogen) atoms. The van der Waals surface area contributed by atoms with Crippen molar-refractivity contribution in [1.82, 2.24) is 9.80 Å². The van der Waals surface area contributed by atoms with Gasteiger partial charge in [0.25, 0.3) is 0 Å². The Morgan fingerprint density at radius 2 is 1.68 bits per heavy atom. The predicted molar refractivity (Wildman–Crippen MR) is 84.7 cm³/mol. The van der Waals surface area contributed by atoms with Crippen molar-refractivity contribution in [3.8, 4) is 0 Å². The molecule has 1 rings (SSSR count). The third-order valence-electron chi connectivity index (χ3n) is 3.71. The van der Waals surface area contributed by atoms with Crippen molar-refractivity contribution in [1.29, 1.82) is 0 Å². The molecule has 1 heterocycles. The molecule has 128 valence electrons. The van der Waals surface area contributed by atoms with Gasteiger partial charge in [0, 0.05) is 25.2 Å². The summed E-state index contributed by atoms with van der Waals surface area (Å²) >= 11 is 0. The van der Waals surface area contributed by atoms with E-state index < -0.39 is 5.60 Å². The summed E-state index contributed by atoms with van der Waals surface area (Å²) < 4.78 is 10.5. The first kappa shape index (κ1) is 18.7. The lowest BCUT2D eigenvalue weighted by Gasteiger charge is -2.46. The number of carbonyl (C=O) groups excluding carboxylic acids is 2. The molecule has 0 N–H and O–H groups in total. The molecule has 0 aliphatic carbocycles. The average Bonchev–Trinajstić information content (AvgIpc) is 2.35. The van der Waals surface area contributed by atoms with Crippen molar-refractivity contribution in [2.24, 2.45) is 0 Å². The molecule has 0 aromatic heterocycles. The topological polar surface area (TPSA) is 59.1 Å². The van der Waals surface area contributed by atoms with Crippen LogP contribution in [0.3, 0.4) is 0 Å². The van der Waals surface area contributed by atoms with Crippen molar-refractivity contribution in [3.05, 3.63) is 0 Å². The van der Waals surface area contributed by atoms with Gasteiger partial charge in [-0.1, -0.05) is 0 Å². The average molecular weight is 314 g/mol. The molecule has 0 bridgehead atoms. The molecule has 0 aromatic rings. The summed E-state index contributed by atoms with van der Waals surface area (Å²) in [6.45, 7) is 14.7. The van der Waals surface area contributed by atoms with Crippen LogP contribution in [0.25, 0.3) is 0 Å². The van der Waals surface area contributed by atoms with Gasteiger partial charge in [0.2, 0.25) is 0 Å². The van der Waals surface area contributed by atoms with Gasteiger partial charge in [-0.25, -0.2) is 4.79 Å². The molecule has 6 heteroatoms. The molecular formula is C16H30N2O4. The minimum absolute atomic E-state index is 0.0654. The molecule has 1 amide bonds. The van der Waals surface area contributed by atoms with E-state index in [2.05, 4.69) is 4.90 Å². The first-order chi connectivity index (χ1) is 10.1. The number of hydrogen-bond acceptors (Lipinski definition) is 5. The van der Waals surface area contributed by atoms with Gasteiger partial charge in [-0.3, -0.25) is 9.69 Å². The molecule has 0 aromatic carbocycles. The maximum atomic E-state index is 12.2. The van der Waals surface area contributed by atoms with Crippen LogP contribution < -0.4 is 0 Å². The highest BCUT2D eigenvalue weighted by Gasteiger charge is 2.38. The highest BCUT2D eigenvalue weighted by molar-refractivity contribution is 5.75. The Morgan fingerprint density at radius 3 is 2.09 bits per heavy atom. The van der Waals surface area contributed by atoms with Gasteiger partial charge >= 0.3 is 12.1 Å². The summed E-state index contributed by atoms with van der Waals surface area (Å²) in [6, 6.07) is -0.183. The number of hydrogen-bond donors (Lipinski definition) is 0. The lowest BCUT2D eigenvalue weighted by Crippen LogP contribution is -2.62. The predicted octanol–water partition coefficient (Wildman–Crippen LogP) is 2.27. The highest BCUT2D eigenvalue weighted by atomic mass is 16.6. The second kappa shape index (κ2) is 7.31. The summed E-state index contributed by atoms with van der Waals surface area (Å²) in [7, 11) is 0. The number of ether oxygens (including phenoxy) is 2. The van der Waals surface area contributed by atoms with Crippen molar-refractivity contribution in [2.75, 3.05) is 19.7 Å². The first-order valence-electron chi connectivity index (χ1n) is 7.98. The van der Waals surface area contributed by atoms with Crippen LogP contribution in [0.15, 0.2) is 0 Å². The number of rotatable bonds is 3. The second-order valence-electron chi connectivity index (χ2n) is 6.96. The fourth-order valence-electron chi connectivity index (χ4n) is 2.96. The van der Waals surface area contributed by atoms with Crippen LogP contribution in [0.4, 0.5) is 4.79 Å². The zero-order chi connectivity index (χ0) is 17.1. The maximum Gasteiger partial charge on any atom is 0.410 e. The normalized spacial score (nSPS) is 24.8. The molecule has 1 fully saturated rings. The Kier molecular flexibility index (Phi) is 6.23. The van der Waals surface area contributed by atoms with Gasteiger partial charge < -0.3 is 14.4 Å². The van der Waals surface area contributed by atoms with E-state index in [1.807, 2.05) is 41.5 Å². The Balaban J connectivity index is 2.72. The molecule has 0 radical (unpaired) electrons. The lowest BCUT2D eigenvalue weighted by atomic mass is 10.1. The van der Waals surface area contributed by atoms with E-state index in [1.54, 1.807) is 11.8 Å². The Hall–Kier alpha value is -1.30. The molecule has 1 saturated heterocycles. The zero-order valence-electron chi connectivity index (χ0n) is 14.9. The van der Waals surface area contributed by atoms with Crippen molar-refractivity contribution < 1.29 is 19.1 Å². The van der Waals surface area contributed by atoms with Gasteiger partial charge in [0.1, 0.15) is 11.6 Å². The number of amides is 1. The molecular weight excluding hydrogens is 284 g/mol. The third-order valence-corrected chi connectivity index (χ3v) is 3.71. The third kappa shape index (κ3) is 4.87. The van der Waals surface area contributed by atoms with Crippen LogP contribution in [0.5, 0.6) is 0 Å². The SMILES string of the molecule is CCOC(=O)C(C)N1C(C)CN(C(=O)OC(C)(C)C)CC1C. The number of esters is 1. The van der Waals surface area contributed by atoms with Crippen LogP contribution in [0, 0.1) is 0 Å². The minimum Gasteiger partial charge on any atom is -0.465 e. The zero-order valence-corrected chi connectivity index (χ0v) is 14.9. The summed E-state index contributed by atoms with van der Waals surface area (Å²) in [5.41, 5.74) is -0.501. The van der Waals surface area contributed by atoms with Crippen LogP contribution in [-0.4, -0.2) is 65.3 Å². The molecule has 3 unspecified atom stereocenters. The molecule has 1 aliphatic heterocycles. The smallest absolute Gasteiger partial charge is 0.410 e. The van der Waals surface area contributed by atoms with Gasteiger partial charge in [0.15, 0.2) is 0 Å². The monoisotopic (exact) mass is 314 g/mol. The van der Waals surface area contributed by atoms with Crippen LogP contribution >= 0.6 is 0 Å². The van der Waals surface area contributed by atoms with E-state index in [0.717, 1.165) is 0 Å². The minimum atomic E-state index is -0.501. The Morgan fingerprint density at radius 1 is 1.18 bits per heavy atom. The summed E-state index contributed by atoms with van der Waals surface area (Å²) in [6.07, 6.45) is -0.297. The molecule has 3 atom stereocenters. The van der Waals surface area contributed by atoms with Crippen LogP contribution in [-0.2, 0) is 14.3 Å². The van der Waals surface area contributed by atoms with E-state index in [-0.39, 0.29) is 30.2 Å². The fourth-order valence-corrected chi connectivity index (χ4v) is 2.96. The summed E-state index contributed by atoms with van der Waals surface area (Å²) in [5.74, 6) is -0.216.